The van der Waals surface area contributed by atoms with Crippen molar-refractivity contribution in [3.05, 3.63) is 77.6 Å². The Bertz CT molecular complexity index is 1010. The summed E-state index contributed by atoms with van der Waals surface area (Å²) in [6.45, 7) is 15.8. The van der Waals surface area contributed by atoms with Gasteiger partial charge in [-0.25, -0.2) is 0 Å². The van der Waals surface area contributed by atoms with E-state index in [1.807, 2.05) is 70.1 Å². The van der Waals surface area contributed by atoms with Crippen LogP contribution < -0.4 is 21.3 Å². The van der Waals surface area contributed by atoms with Crippen LogP contribution in [-0.4, -0.2) is 82.9 Å². The molecule has 0 fully saturated rings. The molecule has 0 aliphatic heterocycles. The zero-order valence-corrected chi connectivity index (χ0v) is 27.8. The van der Waals surface area contributed by atoms with Crippen LogP contribution in [0.25, 0.3) is 0 Å². The Hall–Kier alpha value is -2.95. The maximum atomic E-state index is 13.4. The van der Waals surface area contributed by atoms with E-state index in [1.54, 1.807) is 26.3 Å². The number of methoxy groups -OCH3 is 1. The molecule has 9 nitrogen and oxygen atoms in total. The van der Waals surface area contributed by atoms with Crippen molar-refractivity contribution in [2.24, 2.45) is 5.41 Å². The summed E-state index contributed by atoms with van der Waals surface area (Å²) in [5.74, 6) is -0.685. The molecule has 0 spiro atoms. The minimum absolute atomic E-state index is 0.135. The summed E-state index contributed by atoms with van der Waals surface area (Å²) in [6, 6.07) is 9.13. The first-order valence-electron chi connectivity index (χ1n) is 13.9. The van der Waals surface area contributed by atoms with Crippen molar-refractivity contribution >= 4 is 29.1 Å². The van der Waals surface area contributed by atoms with Crippen LogP contribution in [0.2, 0.25) is 0 Å². The number of anilines is 1. The number of rotatable bonds is 16. The van der Waals surface area contributed by atoms with Gasteiger partial charge in [-0.15, -0.1) is 13.2 Å². The van der Waals surface area contributed by atoms with Crippen LogP contribution in [0.4, 0.5) is 5.69 Å². The van der Waals surface area contributed by atoms with Gasteiger partial charge in [-0.05, 0) is 51.1 Å². The fourth-order valence-corrected chi connectivity index (χ4v) is 3.98. The largest absolute Gasteiger partial charge is 0.400 e. The lowest BCUT2D eigenvalue weighted by molar-refractivity contribution is -0.124. The van der Waals surface area contributed by atoms with Crippen molar-refractivity contribution in [2.45, 2.75) is 46.6 Å². The SMILES string of the molecule is C/C=C(Cl)\C=C(/CC)CNCC(C)(C)CC(=O)N/C(C(=O)Nc1ccccc1)=C(/NC)C(CN(C)C)OC.C=C.CO. The molecule has 0 aliphatic rings. The second-order valence-electron chi connectivity index (χ2n) is 10.2. The van der Waals surface area contributed by atoms with Gasteiger partial charge in [0, 0.05) is 58.0 Å². The standard InChI is InChI=1S/C29H46ClN5O3.C2H4.CH4O/c1-9-21(16-22(30)10-2)18-32-20-29(3,4)17-25(36)34-27(26(31-5)24(38-8)19-35(6)7)28(37)33-23-14-12-11-13-15-23;2*1-2/h10-16,24,31-32H,9,17-20H2,1-8H3,(H,33,37)(H,34,36);1-2H2;2H,1H3/b21-16+,22-10+,27-26+;;. The molecule has 5 N–H and O–H groups in total. The number of allylic oxidation sites excluding steroid dienone is 3. The zero-order chi connectivity index (χ0) is 32.7. The van der Waals surface area contributed by atoms with E-state index in [2.05, 4.69) is 41.3 Å². The average Bonchev–Trinajstić information content (AvgIpc) is 2.97. The van der Waals surface area contributed by atoms with Crippen molar-refractivity contribution in [1.29, 1.82) is 0 Å². The molecule has 42 heavy (non-hydrogen) atoms. The molecule has 1 unspecified atom stereocenters. The van der Waals surface area contributed by atoms with E-state index in [4.69, 9.17) is 21.4 Å². The maximum absolute atomic E-state index is 13.4. The van der Waals surface area contributed by atoms with Crippen molar-refractivity contribution in [3.63, 3.8) is 0 Å². The Morgan fingerprint density at radius 3 is 2.24 bits per heavy atom. The summed E-state index contributed by atoms with van der Waals surface area (Å²) in [5, 5.41) is 20.0. The molecule has 2 amide bonds. The summed E-state index contributed by atoms with van der Waals surface area (Å²) in [5.41, 5.74) is 2.08. The van der Waals surface area contributed by atoms with Gasteiger partial charge in [0.05, 0.1) is 5.70 Å². The molecule has 0 aromatic heterocycles. The van der Waals surface area contributed by atoms with E-state index in [0.717, 1.165) is 13.5 Å². The normalized spacial score (nSPS) is 13.0. The molecule has 238 valence electrons. The first-order valence-corrected chi connectivity index (χ1v) is 14.3. The Kier molecular flexibility index (Phi) is 23.1. The number of hydrogen-bond acceptors (Lipinski definition) is 7. The van der Waals surface area contributed by atoms with E-state index in [1.165, 1.54) is 5.57 Å². The van der Waals surface area contributed by atoms with Gasteiger partial charge in [0.15, 0.2) is 0 Å². The summed E-state index contributed by atoms with van der Waals surface area (Å²) in [6.07, 6.45) is 4.46. The van der Waals surface area contributed by atoms with Crippen LogP contribution in [-0.2, 0) is 14.3 Å². The van der Waals surface area contributed by atoms with Crippen LogP contribution in [0.1, 0.15) is 40.5 Å². The topological polar surface area (TPSA) is 115 Å². The van der Waals surface area contributed by atoms with Gasteiger partial charge in [-0.2, -0.15) is 0 Å². The first kappa shape index (κ1) is 41.2. The second kappa shape index (κ2) is 23.6. The van der Waals surface area contributed by atoms with Crippen molar-refractivity contribution in [1.82, 2.24) is 20.9 Å². The van der Waals surface area contributed by atoms with Crippen molar-refractivity contribution < 1.29 is 19.4 Å². The maximum Gasteiger partial charge on any atom is 0.274 e. The van der Waals surface area contributed by atoms with E-state index >= 15 is 0 Å². The minimum atomic E-state index is -0.454. The van der Waals surface area contributed by atoms with Crippen LogP contribution in [0.15, 0.2) is 77.6 Å². The third-order valence-electron chi connectivity index (χ3n) is 5.87. The highest BCUT2D eigenvalue weighted by atomic mass is 35.5. The predicted molar refractivity (Wildman–Crippen MR) is 177 cm³/mol. The number of ether oxygens (including phenoxy) is 1. The average molecular weight is 608 g/mol. The molecule has 1 aromatic carbocycles. The smallest absolute Gasteiger partial charge is 0.274 e. The van der Waals surface area contributed by atoms with E-state index < -0.39 is 12.0 Å². The quantitative estimate of drug-likeness (QED) is 0.106. The number of carbonyl (C=O) groups excluding carboxylic acids is 2. The van der Waals surface area contributed by atoms with E-state index in [-0.39, 0.29) is 23.4 Å². The molecule has 0 saturated heterocycles. The van der Waals surface area contributed by atoms with Gasteiger partial charge in [0.1, 0.15) is 11.8 Å². The molecule has 0 radical (unpaired) electrons. The second-order valence-corrected chi connectivity index (χ2v) is 10.6. The lowest BCUT2D eigenvalue weighted by Gasteiger charge is -2.27. The lowest BCUT2D eigenvalue weighted by atomic mass is 9.88. The molecule has 1 atom stereocenters. The summed E-state index contributed by atoms with van der Waals surface area (Å²) < 4.78 is 5.68. The number of benzene rings is 1. The van der Waals surface area contributed by atoms with Crippen LogP contribution in [0, 0.1) is 5.41 Å². The molecule has 0 bridgehead atoms. The van der Waals surface area contributed by atoms with Gasteiger partial charge in [0.2, 0.25) is 5.91 Å². The Balaban J connectivity index is 0. The number of halogens is 1. The summed E-state index contributed by atoms with van der Waals surface area (Å²) >= 11 is 6.15. The molecular formula is C32H54ClN5O4. The number of likely N-dealkylation sites (N-methyl/N-ethyl adjacent to an activating group) is 2. The van der Waals surface area contributed by atoms with Crippen molar-refractivity contribution in [2.75, 3.05) is 60.3 Å². The third-order valence-corrected chi connectivity index (χ3v) is 6.19. The first-order chi connectivity index (χ1) is 20.0. The molecule has 0 heterocycles. The fraction of sp³-hybridized carbons (Fsp3) is 0.500. The number of para-hydroxylation sites is 1. The number of hydrogen-bond donors (Lipinski definition) is 5. The molecule has 0 aliphatic carbocycles. The van der Waals surface area contributed by atoms with Gasteiger partial charge in [-0.3, -0.25) is 9.59 Å². The van der Waals surface area contributed by atoms with Gasteiger partial charge in [0.25, 0.3) is 5.91 Å². The monoisotopic (exact) mass is 607 g/mol. The minimum Gasteiger partial charge on any atom is -0.400 e. The molecule has 1 aromatic rings. The van der Waals surface area contributed by atoms with Crippen molar-refractivity contribution in [3.8, 4) is 0 Å². The lowest BCUT2D eigenvalue weighted by Crippen LogP contribution is -2.42. The Morgan fingerprint density at radius 2 is 1.76 bits per heavy atom. The highest BCUT2D eigenvalue weighted by molar-refractivity contribution is 6.31. The molecule has 1 rings (SSSR count). The van der Waals surface area contributed by atoms with Crippen LogP contribution >= 0.6 is 11.6 Å². The fourth-order valence-electron chi connectivity index (χ4n) is 3.82. The van der Waals surface area contributed by atoms with E-state index in [0.29, 0.717) is 36.1 Å². The Labute approximate surface area is 259 Å². The number of nitrogens with one attached hydrogen (secondary N) is 4. The van der Waals surface area contributed by atoms with Gasteiger partial charge < -0.3 is 36.0 Å². The number of aliphatic hydroxyl groups is 1. The number of amides is 2. The molecular weight excluding hydrogens is 554 g/mol. The summed E-state index contributed by atoms with van der Waals surface area (Å²) in [4.78, 5) is 28.6. The molecule has 10 heteroatoms. The zero-order valence-electron chi connectivity index (χ0n) is 27.1. The number of aliphatic hydroxyl groups excluding tert-OH is 1. The number of nitrogens with zero attached hydrogens (tertiary/aromatic N) is 1. The molecule has 0 saturated carbocycles. The highest BCUT2D eigenvalue weighted by Crippen LogP contribution is 2.21. The number of carbonyl (C=O) groups is 2. The Morgan fingerprint density at radius 1 is 1.17 bits per heavy atom. The van der Waals surface area contributed by atoms with Crippen LogP contribution in [0.5, 0.6) is 0 Å². The predicted octanol–water partition coefficient (Wildman–Crippen LogP) is 4.64. The van der Waals surface area contributed by atoms with E-state index in [9.17, 15) is 9.59 Å². The van der Waals surface area contributed by atoms with Gasteiger partial charge in [-0.1, -0.05) is 62.2 Å². The van der Waals surface area contributed by atoms with Gasteiger partial charge >= 0.3 is 0 Å². The third kappa shape index (κ3) is 17.1. The van der Waals surface area contributed by atoms with Crippen LogP contribution in [0.3, 0.4) is 0 Å². The summed E-state index contributed by atoms with van der Waals surface area (Å²) in [7, 11) is 8.13. The highest BCUT2D eigenvalue weighted by Gasteiger charge is 2.27.